The van der Waals surface area contributed by atoms with Gasteiger partial charge in [0.1, 0.15) is 5.65 Å². The van der Waals surface area contributed by atoms with E-state index in [1.165, 1.54) is 22.3 Å². The fourth-order valence-corrected chi connectivity index (χ4v) is 10.9. The van der Waals surface area contributed by atoms with E-state index in [-0.39, 0.29) is 42.7 Å². The van der Waals surface area contributed by atoms with Crippen molar-refractivity contribution in [2.45, 2.75) is 105 Å². The summed E-state index contributed by atoms with van der Waals surface area (Å²) in [6, 6.07) is 70.1. The van der Waals surface area contributed by atoms with Gasteiger partial charge in [0, 0.05) is 49.5 Å². The first-order valence-electron chi connectivity index (χ1n) is 26.4. The smallest absolute Gasteiger partial charge is 0.136 e. The van der Waals surface area contributed by atoms with Crippen LogP contribution >= 0.6 is 0 Å². The molecule has 0 atom stereocenters. The Balaban J connectivity index is 0.00000616. The maximum absolute atomic E-state index is 7.02. The molecule has 0 unspecified atom stereocenters. The molecule has 0 saturated carbocycles. The Morgan fingerprint density at radius 2 is 1.07 bits per heavy atom. The standard InChI is InChI=1S/C70H65N4O.Pt/c1-67(2,3)47-24-20-22-45(34-47)58-37-49(69(7,8)9)38-59-55-26-14-13-25-54(55)44-21-19-23-46(33-44)60-39-50(70(10,11)12)40-65(71-60)74-61-28-16-15-27-56(61)57-32-31-52(42-64(57)74)75-53-36-48(68(4,5)6)35-51(41-53)72-43-73(66(58)59)63-30-18-17-29-62(63)72;/h13-40,43H,1-12H3;/q-3;. The van der Waals surface area contributed by atoms with Gasteiger partial charge in [-0.1, -0.05) is 210 Å². The molecule has 8 aromatic carbocycles. The van der Waals surface area contributed by atoms with Gasteiger partial charge in [0.25, 0.3) is 0 Å². The van der Waals surface area contributed by atoms with Crippen LogP contribution in [0.5, 0.6) is 0 Å². The van der Waals surface area contributed by atoms with E-state index in [4.69, 9.17) is 9.40 Å². The molecule has 4 heterocycles. The van der Waals surface area contributed by atoms with Gasteiger partial charge < -0.3 is 18.0 Å². The zero-order valence-electron chi connectivity index (χ0n) is 45.8. The van der Waals surface area contributed by atoms with Crippen LogP contribution in [-0.4, -0.2) is 18.5 Å². The van der Waals surface area contributed by atoms with E-state index in [0.717, 1.165) is 93.4 Å². The zero-order valence-corrected chi connectivity index (χ0v) is 48.0. The number of para-hydroxylation sites is 3. The Labute approximate surface area is 461 Å². The van der Waals surface area contributed by atoms with Crippen LogP contribution in [0.3, 0.4) is 0 Å². The molecule has 1 aliphatic heterocycles. The number of benzene rings is 8. The van der Waals surface area contributed by atoms with Crippen LogP contribution in [0, 0.1) is 12.1 Å². The van der Waals surface area contributed by atoms with Crippen molar-refractivity contribution in [2.24, 2.45) is 0 Å². The van der Waals surface area contributed by atoms with Gasteiger partial charge in [-0.05, 0) is 118 Å². The summed E-state index contributed by atoms with van der Waals surface area (Å²) in [5.41, 5.74) is 15.6. The largest absolute Gasteiger partial charge is 0.510 e. The van der Waals surface area contributed by atoms with Crippen molar-refractivity contribution < 1.29 is 25.5 Å². The predicted octanol–water partition coefficient (Wildman–Crippen LogP) is 19.0. The van der Waals surface area contributed by atoms with Gasteiger partial charge in [-0.2, -0.15) is 23.8 Å². The van der Waals surface area contributed by atoms with E-state index in [9.17, 15) is 0 Å². The Morgan fingerprint density at radius 3 is 1.79 bits per heavy atom. The fraction of sp³-hybridized carbons (Fsp3) is 0.229. The molecule has 0 N–H and O–H groups in total. The second kappa shape index (κ2) is 18.5. The number of nitrogens with zero attached hydrogens (tertiary/aromatic N) is 4. The molecule has 1 aliphatic rings. The third kappa shape index (κ3) is 9.01. The Bertz CT molecular complexity index is 4400. The molecule has 0 spiro atoms. The van der Waals surface area contributed by atoms with Crippen LogP contribution in [0.25, 0.3) is 105 Å². The van der Waals surface area contributed by atoms with Crippen molar-refractivity contribution in [1.82, 2.24) is 18.5 Å². The quantitative estimate of drug-likeness (QED) is 0.154. The van der Waals surface area contributed by atoms with E-state index in [1.54, 1.807) is 0 Å². The average molecular weight is 1170 g/mol. The van der Waals surface area contributed by atoms with Crippen molar-refractivity contribution in [2.75, 3.05) is 0 Å². The van der Waals surface area contributed by atoms with Crippen LogP contribution in [0.15, 0.2) is 181 Å². The summed E-state index contributed by atoms with van der Waals surface area (Å²) in [7, 11) is 0. The molecule has 0 saturated heterocycles. The van der Waals surface area contributed by atoms with E-state index in [2.05, 4.69) is 279 Å². The van der Waals surface area contributed by atoms with Crippen molar-refractivity contribution in [3.05, 3.63) is 211 Å². The van der Waals surface area contributed by atoms with Crippen molar-refractivity contribution in [3.63, 3.8) is 0 Å². The number of hydrogen-bond donors (Lipinski definition) is 0. The van der Waals surface area contributed by atoms with Gasteiger partial charge in [-0.3, -0.25) is 0 Å². The topological polar surface area (TPSA) is 40.3 Å². The summed E-state index contributed by atoms with van der Waals surface area (Å²) in [4.78, 5) is 5.61. The molecular weight excluding hydrogens is 1110 g/mol. The van der Waals surface area contributed by atoms with Gasteiger partial charge in [-0.15, -0.1) is 29.1 Å². The van der Waals surface area contributed by atoms with Crippen LogP contribution in [0.2, 0.25) is 0 Å². The summed E-state index contributed by atoms with van der Waals surface area (Å²) in [6.07, 6.45) is 2.27. The fourth-order valence-electron chi connectivity index (χ4n) is 10.9. The van der Waals surface area contributed by atoms with E-state index < -0.39 is 0 Å². The van der Waals surface area contributed by atoms with Gasteiger partial charge in [0.05, 0.1) is 5.52 Å². The molecule has 5 nitrogen and oxygen atoms in total. The minimum atomic E-state index is -0.212. The van der Waals surface area contributed by atoms with E-state index >= 15 is 0 Å². The molecule has 11 aromatic rings. The van der Waals surface area contributed by atoms with E-state index in [0.29, 0.717) is 11.2 Å². The summed E-state index contributed by atoms with van der Waals surface area (Å²) in [5.74, 6) is 0. The maximum atomic E-state index is 7.02. The second-order valence-corrected chi connectivity index (χ2v) is 24.7. The first-order chi connectivity index (χ1) is 35.7. The van der Waals surface area contributed by atoms with Crippen molar-refractivity contribution >= 4 is 82.1 Å². The molecule has 10 bridgehead atoms. The average Bonchev–Trinajstić information content (AvgIpc) is 4.01. The van der Waals surface area contributed by atoms with Gasteiger partial charge >= 0.3 is 0 Å². The normalized spacial score (nSPS) is 12.6. The molecule has 0 fully saturated rings. The molecule has 0 aliphatic carbocycles. The monoisotopic (exact) mass is 1170 g/mol. The van der Waals surface area contributed by atoms with Crippen LogP contribution in [-0.2, 0) is 42.7 Å². The summed E-state index contributed by atoms with van der Waals surface area (Å²) >= 11 is 0. The molecule has 384 valence electrons. The number of fused-ring (bicyclic) bond motifs is 23. The van der Waals surface area contributed by atoms with Gasteiger partial charge in [-0.25, -0.2) is 4.98 Å². The van der Waals surface area contributed by atoms with Crippen molar-refractivity contribution in [1.29, 1.82) is 0 Å². The first-order valence-corrected chi connectivity index (χ1v) is 26.4. The number of aromatic nitrogens is 4. The van der Waals surface area contributed by atoms with Gasteiger partial charge in [0.15, 0.2) is 0 Å². The van der Waals surface area contributed by atoms with Crippen molar-refractivity contribution in [3.8, 4) is 22.5 Å². The summed E-state index contributed by atoms with van der Waals surface area (Å²) in [5, 5.41) is 7.79. The molecule has 0 amide bonds. The number of pyridine rings is 1. The Morgan fingerprint density at radius 1 is 0.447 bits per heavy atom. The summed E-state index contributed by atoms with van der Waals surface area (Å²) in [6.45, 7) is 27.5. The Kier molecular flexibility index (Phi) is 12.3. The third-order valence-electron chi connectivity index (χ3n) is 15.2. The molecule has 6 heteroatoms. The molecule has 3 aromatic heterocycles. The van der Waals surface area contributed by atoms with E-state index in [1.807, 2.05) is 6.07 Å². The molecule has 76 heavy (non-hydrogen) atoms. The zero-order chi connectivity index (χ0) is 52.3. The predicted molar refractivity (Wildman–Crippen MR) is 317 cm³/mol. The minimum absolute atomic E-state index is 0. The first kappa shape index (κ1) is 50.8. The Hall–Kier alpha value is -7.33. The maximum Gasteiger partial charge on any atom is 0.136 e. The molecule has 12 rings (SSSR count). The van der Waals surface area contributed by atoms with Crippen LogP contribution in [0.4, 0.5) is 0 Å². The summed E-state index contributed by atoms with van der Waals surface area (Å²) < 4.78 is 14.0. The minimum Gasteiger partial charge on any atom is -0.510 e. The number of imidazole rings is 1. The van der Waals surface area contributed by atoms with Crippen LogP contribution < -0.4 is 0 Å². The SMILES string of the molecule is CC(C)(C)c1cccc(-c2cc(C(C)(C)C)cc3c4ccccc4c4cccc(c4)c4cc(C(C)(C)C)cc(n4)n4c5[c-]c(ccc5c5ccccc54)oc4[c-]c(cc(C(C)(C)C)c4)n4[cH-]n(c23)-c2ccccc2-4)c1.[Pt]. The third-order valence-corrected chi connectivity index (χ3v) is 15.2. The van der Waals surface area contributed by atoms with Gasteiger partial charge in [0.2, 0.25) is 0 Å². The van der Waals surface area contributed by atoms with Crippen LogP contribution in [0.1, 0.15) is 105 Å². The number of hydrogen-bond acceptors (Lipinski definition) is 2. The molecule has 0 radical (unpaired) electrons. The molecular formula is C70H65N4OPt-3. The second-order valence-electron chi connectivity index (χ2n) is 24.7. The number of rotatable bonds is 1.